The second-order valence-electron chi connectivity index (χ2n) is 7.84. The van der Waals surface area contributed by atoms with Crippen molar-refractivity contribution in [3.05, 3.63) is 89.5 Å². The van der Waals surface area contributed by atoms with Gasteiger partial charge < -0.3 is 10.1 Å². The number of anilines is 1. The number of carbonyl (C=O) groups excluding carboxylic acids is 1. The summed E-state index contributed by atoms with van der Waals surface area (Å²) in [7, 11) is -3.67. The van der Waals surface area contributed by atoms with E-state index >= 15 is 0 Å². The number of nitrogens with one attached hydrogen (secondary N) is 1. The Bertz CT molecular complexity index is 1210. The molecule has 0 spiro atoms. The Morgan fingerprint density at radius 3 is 2.59 bits per heavy atom. The Morgan fingerprint density at radius 1 is 1.03 bits per heavy atom. The molecule has 0 bridgehead atoms. The Morgan fingerprint density at radius 2 is 1.81 bits per heavy atom. The highest BCUT2D eigenvalue weighted by molar-refractivity contribution is 7.92. The zero-order chi connectivity index (χ0) is 22.6. The third-order valence-electron chi connectivity index (χ3n) is 5.42. The molecule has 1 amide bonds. The van der Waals surface area contributed by atoms with Crippen molar-refractivity contribution >= 4 is 21.6 Å². The van der Waals surface area contributed by atoms with Gasteiger partial charge in [-0.25, -0.2) is 8.42 Å². The summed E-state index contributed by atoms with van der Waals surface area (Å²) in [6.45, 7) is 2.75. The Kier molecular flexibility index (Phi) is 6.46. The van der Waals surface area contributed by atoms with Crippen LogP contribution in [0.2, 0.25) is 0 Å². The molecule has 1 aliphatic rings. The van der Waals surface area contributed by atoms with Gasteiger partial charge in [0.05, 0.1) is 10.6 Å². The van der Waals surface area contributed by atoms with Crippen molar-refractivity contribution < 1.29 is 17.9 Å². The molecule has 0 unspecified atom stereocenters. The number of ether oxygens (including phenoxy) is 1. The van der Waals surface area contributed by atoms with Crippen LogP contribution in [0.15, 0.2) is 77.7 Å². The molecule has 0 radical (unpaired) electrons. The number of sulfonamides is 1. The number of nitrogens with zero attached hydrogens (tertiary/aromatic N) is 1. The van der Waals surface area contributed by atoms with Crippen molar-refractivity contribution in [1.29, 1.82) is 0 Å². The summed E-state index contributed by atoms with van der Waals surface area (Å²) in [6, 6.07) is 21.7. The van der Waals surface area contributed by atoms with E-state index in [1.807, 2.05) is 55.5 Å². The van der Waals surface area contributed by atoms with Gasteiger partial charge in [0.15, 0.2) is 6.61 Å². The van der Waals surface area contributed by atoms with Crippen LogP contribution in [0.1, 0.15) is 23.1 Å². The fourth-order valence-corrected chi connectivity index (χ4v) is 5.35. The zero-order valence-electron chi connectivity index (χ0n) is 18.0. The first-order valence-electron chi connectivity index (χ1n) is 10.6. The lowest BCUT2D eigenvalue weighted by Gasteiger charge is -2.30. The second kappa shape index (κ2) is 9.44. The lowest BCUT2D eigenvalue weighted by Crippen LogP contribution is -2.35. The van der Waals surface area contributed by atoms with E-state index in [2.05, 4.69) is 5.32 Å². The molecule has 0 aromatic heterocycles. The maximum Gasteiger partial charge on any atom is 0.264 e. The van der Waals surface area contributed by atoms with E-state index in [0.29, 0.717) is 18.8 Å². The highest BCUT2D eigenvalue weighted by atomic mass is 32.2. The topological polar surface area (TPSA) is 75.7 Å². The van der Waals surface area contributed by atoms with Gasteiger partial charge in [0.1, 0.15) is 5.75 Å². The molecule has 0 saturated carbocycles. The quantitative estimate of drug-likeness (QED) is 0.594. The predicted octanol–water partition coefficient (Wildman–Crippen LogP) is 3.83. The van der Waals surface area contributed by atoms with Gasteiger partial charge in [-0.2, -0.15) is 0 Å². The second-order valence-corrected chi connectivity index (χ2v) is 9.70. The molecular formula is C25H26N2O4S. The number of aryl methyl sites for hydroxylation is 2. The number of benzene rings is 3. The fourth-order valence-electron chi connectivity index (χ4n) is 3.81. The zero-order valence-corrected chi connectivity index (χ0v) is 18.8. The average Bonchev–Trinajstić information content (AvgIpc) is 2.81. The predicted molar refractivity (Wildman–Crippen MR) is 124 cm³/mol. The Hall–Kier alpha value is -3.32. The number of hydrogen-bond donors (Lipinski definition) is 1. The van der Waals surface area contributed by atoms with Crippen molar-refractivity contribution in [3.8, 4) is 5.75 Å². The first kappa shape index (κ1) is 21.9. The maximum absolute atomic E-state index is 13.2. The van der Waals surface area contributed by atoms with E-state index in [9.17, 15) is 13.2 Å². The summed E-state index contributed by atoms with van der Waals surface area (Å²) in [5.41, 5.74) is 3.94. The van der Waals surface area contributed by atoms with Crippen molar-refractivity contribution in [2.75, 3.05) is 17.5 Å². The molecule has 1 aliphatic heterocycles. The molecule has 166 valence electrons. The van der Waals surface area contributed by atoms with Crippen LogP contribution in [-0.2, 0) is 27.8 Å². The molecular weight excluding hydrogens is 424 g/mol. The highest BCUT2D eigenvalue weighted by Gasteiger charge is 2.28. The number of amides is 1. The van der Waals surface area contributed by atoms with Gasteiger partial charge in [-0.05, 0) is 61.2 Å². The molecule has 4 rings (SSSR count). The van der Waals surface area contributed by atoms with Crippen LogP contribution in [0.5, 0.6) is 5.75 Å². The highest BCUT2D eigenvalue weighted by Crippen LogP contribution is 2.32. The molecule has 0 aliphatic carbocycles. The summed E-state index contributed by atoms with van der Waals surface area (Å²) in [5, 5.41) is 2.82. The summed E-state index contributed by atoms with van der Waals surface area (Å²) >= 11 is 0. The van der Waals surface area contributed by atoms with Crippen molar-refractivity contribution in [1.82, 2.24) is 5.32 Å². The van der Waals surface area contributed by atoms with Gasteiger partial charge >= 0.3 is 0 Å². The van der Waals surface area contributed by atoms with Crippen LogP contribution in [-0.4, -0.2) is 27.5 Å². The lowest BCUT2D eigenvalue weighted by atomic mass is 10.0. The van der Waals surface area contributed by atoms with Gasteiger partial charge in [0.2, 0.25) is 0 Å². The SMILES string of the molecule is Cc1cccc(CNC(=O)COc2ccc(S(=O)(=O)N3CCCc4ccccc43)cc2)c1. The van der Waals surface area contributed by atoms with Gasteiger partial charge in [-0.1, -0.05) is 48.0 Å². The Balaban J connectivity index is 1.36. The number of fused-ring (bicyclic) bond motifs is 1. The van der Waals surface area contributed by atoms with Crippen LogP contribution < -0.4 is 14.4 Å². The molecule has 3 aromatic carbocycles. The van der Waals surface area contributed by atoms with E-state index in [1.165, 1.54) is 16.4 Å². The molecule has 6 nitrogen and oxygen atoms in total. The number of hydrogen-bond acceptors (Lipinski definition) is 4. The smallest absolute Gasteiger partial charge is 0.264 e. The average molecular weight is 451 g/mol. The van der Waals surface area contributed by atoms with Crippen LogP contribution >= 0.6 is 0 Å². The Labute approximate surface area is 188 Å². The van der Waals surface area contributed by atoms with Crippen molar-refractivity contribution in [3.63, 3.8) is 0 Å². The number of rotatable bonds is 7. The third kappa shape index (κ3) is 4.94. The maximum atomic E-state index is 13.2. The largest absolute Gasteiger partial charge is 0.484 e. The number of carbonyl (C=O) groups is 1. The summed E-state index contributed by atoms with van der Waals surface area (Å²) < 4.78 is 33.4. The molecule has 3 aromatic rings. The van der Waals surface area contributed by atoms with E-state index in [-0.39, 0.29) is 17.4 Å². The molecule has 1 N–H and O–H groups in total. The first-order valence-corrected chi connectivity index (χ1v) is 12.0. The van der Waals surface area contributed by atoms with Crippen molar-refractivity contribution in [2.24, 2.45) is 0 Å². The van der Waals surface area contributed by atoms with E-state index in [4.69, 9.17) is 4.74 Å². The lowest BCUT2D eigenvalue weighted by molar-refractivity contribution is -0.123. The van der Waals surface area contributed by atoms with Gasteiger partial charge in [0, 0.05) is 13.1 Å². The van der Waals surface area contributed by atoms with Crippen molar-refractivity contribution in [2.45, 2.75) is 31.2 Å². The van der Waals surface area contributed by atoms with Crippen LogP contribution in [0, 0.1) is 6.92 Å². The molecule has 0 saturated heterocycles. The molecule has 0 fully saturated rings. The van der Waals surface area contributed by atoms with Gasteiger partial charge in [-0.15, -0.1) is 0 Å². The number of para-hydroxylation sites is 1. The van der Waals surface area contributed by atoms with Gasteiger partial charge in [-0.3, -0.25) is 9.10 Å². The normalized spacial score (nSPS) is 13.3. The van der Waals surface area contributed by atoms with E-state index in [0.717, 1.165) is 35.2 Å². The monoisotopic (exact) mass is 450 g/mol. The molecule has 1 heterocycles. The minimum absolute atomic E-state index is 0.141. The molecule has 32 heavy (non-hydrogen) atoms. The summed E-state index contributed by atoms with van der Waals surface area (Å²) in [6.07, 6.45) is 1.66. The summed E-state index contributed by atoms with van der Waals surface area (Å²) in [5.74, 6) is 0.196. The van der Waals surface area contributed by atoms with E-state index in [1.54, 1.807) is 12.1 Å². The summed E-state index contributed by atoms with van der Waals surface area (Å²) in [4.78, 5) is 12.3. The molecule has 7 heteroatoms. The minimum Gasteiger partial charge on any atom is -0.484 e. The third-order valence-corrected chi connectivity index (χ3v) is 7.25. The van der Waals surface area contributed by atoms with Crippen LogP contribution in [0.3, 0.4) is 0 Å². The standard InChI is InChI=1S/C25H26N2O4S/c1-19-6-4-7-20(16-19)17-26-25(28)18-31-22-11-13-23(14-12-22)32(29,30)27-15-5-9-21-8-2-3-10-24(21)27/h2-4,6-8,10-14,16H,5,9,15,17-18H2,1H3,(H,26,28). The van der Waals surface area contributed by atoms with Crippen LogP contribution in [0.4, 0.5) is 5.69 Å². The van der Waals surface area contributed by atoms with E-state index < -0.39 is 10.0 Å². The minimum atomic E-state index is -3.67. The first-order chi connectivity index (χ1) is 15.4. The molecule has 0 atom stereocenters. The fraction of sp³-hybridized carbons (Fsp3) is 0.240. The van der Waals surface area contributed by atoms with Crippen LogP contribution in [0.25, 0.3) is 0 Å². The van der Waals surface area contributed by atoms with Gasteiger partial charge in [0.25, 0.3) is 15.9 Å².